The molecule has 0 amide bonds. The van der Waals surface area contributed by atoms with Crippen LogP contribution in [0.3, 0.4) is 0 Å². The van der Waals surface area contributed by atoms with E-state index in [1.807, 2.05) is 6.92 Å². The predicted molar refractivity (Wildman–Crippen MR) is 73.3 cm³/mol. The SMILES string of the molecule is CCOC(=O)C(O)c1c(O)c(OC)cc(CC)c1Br. The van der Waals surface area contributed by atoms with Gasteiger partial charge in [-0.25, -0.2) is 4.79 Å². The van der Waals surface area contributed by atoms with Crippen LogP contribution in [0.15, 0.2) is 10.5 Å². The molecule has 1 rings (SSSR count). The van der Waals surface area contributed by atoms with Crippen LogP contribution in [-0.2, 0) is 16.0 Å². The molecule has 0 aromatic heterocycles. The summed E-state index contributed by atoms with van der Waals surface area (Å²) in [4.78, 5) is 11.6. The van der Waals surface area contributed by atoms with Gasteiger partial charge < -0.3 is 19.7 Å². The molecule has 0 aliphatic heterocycles. The Labute approximate surface area is 120 Å². The lowest BCUT2D eigenvalue weighted by molar-refractivity contribution is -0.153. The third-order valence-corrected chi connectivity index (χ3v) is 3.63. The van der Waals surface area contributed by atoms with E-state index in [0.29, 0.717) is 10.9 Å². The van der Waals surface area contributed by atoms with Crippen molar-refractivity contribution in [3.8, 4) is 11.5 Å². The highest BCUT2D eigenvalue weighted by Crippen LogP contribution is 2.41. The van der Waals surface area contributed by atoms with Crippen molar-refractivity contribution in [3.63, 3.8) is 0 Å². The summed E-state index contributed by atoms with van der Waals surface area (Å²) in [6.07, 6.45) is -0.908. The predicted octanol–water partition coefficient (Wildman–Crippen LogP) is 2.32. The number of aromatic hydroxyl groups is 1. The number of esters is 1. The maximum atomic E-state index is 11.6. The number of methoxy groups -OCH3 is 1. The smallest absolute Gasteiger partial charge is 0.339 e. The van der Waals surface area contributed by atoms with E-state index >= 15 is 0 Å². The third kappa shape index (κ3) is 3.19. The molecule has 1 unspecified atom stereocenters. The van der Waals surface area contributed by atoms with Crippen LogP contribution in [0.1, 0.15) is 31.1 Å². The largest absolute Gasteiger partial charge is 0.504 e. The van der Waals surface area contributed by atoms with E-state index in [0.717, 1.165) is 5.56 Å². The highest BCUT2D eigenvalue weighted by atomic mass is 79.9. The highest BCUT2D eigenvalue weighted by Gasteiger charge is 2.28. The molecule has 5 nitrogen and oxygen atoms in total. The zero-order valence-electron chi connectivity index (χ0n) is 11.1. The molecule has 0 saturated carbocycles. The van der Waals surface area contributed by atoms with E-state index in [9.17, 15) is 15.0 Å². The average molecular weight is 333 g/mol. The van der Waals surface area contributed by atoms with Gasteiger partial charge in [-0.05, 0) is 40.9 Å². The Morgan fingerprint density at radius 3 is 2.58 bits per heavy atom. The molecule has 0 heterocycles. The topological polar surface area (TPSA) is 76.0 Å². The Balaban J connectivity index is 3.35. The normalized spacial score (nSPS) is 12.1. The van der Waals surface area contributed by atoms with Crippen molar-refractivity contribution in [2.24, 2.45) is 0 Å². The summed E-state index contributed by atoms with van der Waals surface area (Å²) in [5.41, 5.74) is 0.877. The number of rotatable bonds is 5. The average Bonchev–Trinajstić information content (AvgIpc) is 2.39. The lowest BCUT2D eigenvalue weighted by Crippen LogP contribution is -2.16. The molecule has 1 atom stereocenters. The fourth-order valence-corrected chi connectivity index (χ4v) is 2.50. The van der Waals surface area contributed by atoms with E-state index in [2.05, 4.69) is 15.9 Å². The number of aryl methyl sites for hydroxylation is 1. The monoisotopic (exact) mass is 332 g/mol. The number of carbonyl (C=O) groups excluding carboxylic acids is 1. The first kappa shape index (κ1) is 15.8. The van der Waals surface area contributed by atoms with Gasteiger partial charge in [0.25, 0.3) is 0 Å². The summed E-state index contributed by atoms with van der Waals surface area (Å²) < 4.78 is 10.3. The van der Waals surface area contributed by atoms with Gasteiger partial charge >= 0.3 is 5.97 Å². The van der Waals surface area contributed by atoms with Crippen molar-refractivity contribution >= 4 is 21.9 Å². The maximum absolute atomic E-state index is 11.6. The zero-order chi connectivity index (χ0) is 14.6. The Morgan fingerprint density at radius 1 is 1.47 bits per heavy atom. The van der Waals surface area contributed by atoms with Crippen LogP contribution in [0, 0.1) is 0 Å². The minimum absolute atomic E-state index is 0.0645. The molecule has 6 heteroatoms. The van der Waals surface area contributed by atoms with E-state index in [1.165, 1.54) is 7.11 Å². The van der Waals surface area contributed by atoms with Gasteiger partial charge in [0.2, 0.25) is 0 Å². The fourth-order valence-electron chi connectivity index (χ4n) is 1.70. The van der Waals surface area contributed by atoms with Gasteiger partial charge in [0.1, 0.15) is 0 Å². The van der Waals surface area contributed by atoms with Gasteiger partial charge in [0.05, 0.1) is 19.3 Å². The van der Waals surface area contributed by atoms with Gasteiger partial charge in [-0.3, -0.25) is 0 Å². The molecular formula is C13H17BrO5. The first-order valence-corrected chi connectivity index (χ1v) is 6.70. The number of benzene rings is 1. The highest BCUT2D eigenvalue weighted by molar-refractivity contribution is 9.10. The fraction of sp³-hybridized carbons (Fsp3) is 0.462. The molecule has 0 aliphatic carbocycles. The minimum atomic E-state index is -1.56. The lowest BCUT2D eigenvalue weighted by atomic mass is 10.0. The lowest BCUT2D eigenvalue weighted by Gasteiger charge is -2.18. The standard InChI is InChI=1S/C13H17BrO5/c1-4-7-6-8(18-3)11(15)9(10(7)14)12(16)13(17)19-5-2/h6,12,15-16H,4-5H2,1-3H3. The summed E-state index contributed by atoms with van der Waals surface area (Å²) in [5, 5.41) is 20.1. The van der Waals surface area contributed by atoms with Crippen LogP contribution in [0.2, 0.25) is 0 Å². The Kier molecular flexibility index (Phi) is 5.62. The van der Waals surface area contributed by atoms with E-state index in [4.69, 9.17) is 9.47 Å². The van der Waals surface area contributed by atoms with E-state index < -0.39 is 12.1 Å². The summed E-state index contributed by atoms with van der Waals surface area (Å²) in [5.74, 6) is -0.876. The van der Waals surface area contributed by atoms with Crippen molar-refractivity contribution in [2.75, 3.05) is 13.7 Å². The summed E-state index contributed by atoms with van der Waals surface area (Å²) >= 11 is 3.29. The summed E-state index contributed by atoms with van der Waals surface area (Å²) in [6.45, 7) is 3.71. The van der Waals surface area contributed by atoms with Crippen molar-refractivity contribution in [3.05, 3.63) is 21.7 Å². The molecule has 0 aliphatic rings. The molecule has 19 heavy (non-hydrogen) atoms. The first-order chi connectivity index (χ1) is 8.97. The van der Waals surface area contributed by atoms with Gasteiger partial charge in [-0.2, -0.15) is 0 Å². The zero-order valence-corrected chi connectivity index (χ0v) is 12.7. The van der Waals surface area contributed by atoms with Crippen LogP contribution >= 0.6 is 15.9 Å². The molecule has 0 bridgehead atoms. The molecule has 2 N–H and O–H groups in total. The van der Waals surface area contributed by atoms with Gasteiger partial charge in [0.15, 0.2) is 17.6 Å². The minimum Gasteiger partial charge on any atom is -0.504 e. The van der Waals surface area contributed by atoms with Crippen molar-refractivity contribution in [1.82, 2.24) is 0 Å². The van der Waals surface area contributed by atoms with Crippen LogP contribution < -0.4 is 4.74 Å². The van der Waals surface area contributed by atoms with E-state index in [-0.39, 0.29) is 23.7 Å². The Hall–Kier alpha value is -1.27. The third-order valence-electron chi connectivity index (χ3n) is 2.70. The quantitative estimate of drug-likeness (QED) is 0.809. The molecule has 0 spiro atoms. The number of hydrogen-bond donors (Lipinski definition) is 2. The Bertz CT molecular complexity index is 444. The van der Waals surface area contributed by atoms with Crippen LogP contribution in [0.25, 0.3) is 0 Å². The van der Waals surface area contributed by atoms with Crippen molar-refractivity contribution < 1.29 is 24.5 Å². The molecule has 0 saturated heterocycles. The number of phenols is 1. The summed E-state index contributed by atoms with van der Waals surface area (Å²) in [7, 11) is 1.41. The number of hydrogen-bond acceptors (Lipinski definition) is 5. The number of aliphatic hydroxyl groups is 1. The summed E-state index contributed by atoms with van der Waals surface area (Å²) in [6, 6.07) is 1.65. The molecule has 106 valence electrons. The number of ether oxygens (including phenoxy) is 2. The van der Waals surface area contributed by atoms with E-state index in [1.54, 1.807) is 13.0 Å². The van der Waals surface area contributed by atoms with Crippen molar-refractivity contribution in [2.45, 2.75) is 26.4 Å². The number of aliphatic hydroxyl groups excluding tert-OH is 1. The van der Waals surface area contributed by atoms with Crippen LogP contribution in [0.4, 0.5) is 0 Å². The molecule has 1 aromatic carbocycles. The second-order valence-electron chi connectivity index (χ2n) is 3.82. The molecule has 0 radical (unpaired) electrons. The first-order valence-electron chi connectivity index (χ1n) is 5.90. The maximum Gasteiger partial charge on any atom is 0.339 e. The Morgan fingerprint density at radius 2 is 2.11 bits per heavy atom. The number of carbonyl (C=O) groups is 1. The van der Waals surface area contributed by atoms with Crippen molar-refractivity contribution in [1.29, 1.82) is 0 Å². The molecule has 0 fully saturated rings. The van der Waals surface area contributed by atoms with Crippen LogP contribution in [-0.4, -0.2) is 29.9 Å². The van der Waals surface area contributed by atoms with Gasteiger partial charge in [-0.15, -0.1) is 0 Å². The second kappa shape index (κ2) is 6.77. The van der Waals surface area contributed by atoms with Gasteiger partial charge in [0, 0.05) is 4.47 Å². The number of halogens is 1. The molecular weight excluding hydrogens is 316 g/mol. The second-order valence-corrected chi connectivity index (χ2v) is 4.62. The van der Waals surface area contributed by atoms with Gasteiger partial charge in [-0.1, -0.05) is 6.92 Å². The van der Waals surface area contributed by atoms with Crippen LogP contribution in [0.5, 0.6) is 11.5 Å². The molecule has 1 aromatic rings. The number of phenolic OH excluding ortho intramolecular Hbond substituents is 1.